The van der Waals surface area contributed by atoms with Crippen molar-refractivity contribution >= 4 is 5.97 Å². The first kappa shape index (κ1) is 24.0. The molecule has 180 valence electrons. The number of rotatable bonds is 6. The zero-order chi connectivity index (χ0) is 24.6. The Morgan fingerprint density at radius 3 is 2.06 bits per heavy atom. The highest BCUT2D eigenvalue weighted by Crippen LogP contribution is 2.52. The Morgan fingerprint density at radius 1 is 0.912 bits per heavy atom. The van der Waals surface area contributed by atoms with Crippen molar-refractivity contribution in [3.05, 3.63) is 70.3 Å². The normalized spacial score (nSPS) is 21.2. The lowest BCUT2D eigenvalue weighted by Crippen LogP contribution is -2.20. The van der Waals surface area contributed by atoms with Gasteiger partial charge in [-0.1, -0.05) is 37.6 Å². The molecule has 34 heavy (non-hydrogen) atoms. The van der Waals surface area contributed by atoms with Gasteiger partial charge in [-0.05, 0) is 42.2 Å². The van der Waals surface area contributed by atoms with Gasteiger partial charge >= 0.3 is 5.97 Å². The molecule has 2 aromatic rings. The molecule has 3 atom stereocenters. The molecule has 0 spiro atoms. The summed E-state index contributed by atoms with van der Waals surface area (Å²) in [4.78, 5) is 12.5. The molecule has 0 amide bonds. The van der Waals surface area contributed by atoms with Crippen molar-refractivity contribution in [3.8, 4) is 22.6 Å². The molecule has 0 heterocycles. The smallest absolute Gasteiger partial charge is 0.339 e. The molecule has 2 aliphatic rings. The minimum atomic E-state index is -2.53. The molecule has 0 aliphatic heterocycles. The number of allylic oxidation sites excluding steroid dienone is 3. The second-order valence-corrected chi connectivity index (χ2v) is 8.16. The van der Waals surface area contributed by atoms with E-state index in [4.69, 9.17) is 9.47 Å². The second-order valence-electron chi connectivity index (χ2n) is 8.16. The lowest BCUT2D eigenvalue weighted by molar-refractivity contribution is -0.130. The quantitative estimate of drug-likeness (QED) is 0.247. The van der Waals surface area contributed by atoms with E-state index in [0.717, 1.165) is 12.5 Å². The van der Waals surface area contributed by atoms with Crippen molar-refractivity contribution in [2.75, 3.05) is 6.61 Å². The highest BCUT2D eigenvalue weighted by molar-refractivity contribution is 5.91. The van der Waals surface area contributed by atoms with E-state index in [1.807, 2.05) is 6.92 Å². The SMILES string of the molecule is CCCC1=CC=C(C(=O)Oc2ccc3c(c2F)C(F)C(F)c2c-3ccc(OCC)c2F)CC1F. The Bertz CT molecular complexity index is 1190. The van der Waals surface area contributed by atoms with Gasteiger partial charge in [0.15, 0.2) is 35.5 Å². The first-order valence-corrected chi connectivity index (χ1v) is 11.1. The molecule has 0 saturated carbocycles. The second kappa shape index (κ2) is 9.60. The summed E-state index contributed by atoms with van der Waals surface area (Å²) in [6.45, 7) is 3.65. The predicted molar refractivity (Wildman–Crippen MR) is 117 cm³/mol. The van der Waals surface area contributed by atoms with E-state index in [2.05, 4.69) is 0 Å². The number of hydrogen-bond acceptors (Lipinski definition) is 3. The summed E-state index contributed by atoms with van der Waals surface area (Å²) in [5.74, 6) is -4.14. The van der Waals surface area contributed by atoms with E-state index in [-0.39, 0.29) is 35.5 Å². The molecular formula is C26H23F5O3. The topological polar surface area (TPSA) is 35.5 Å². The van der Waals surface area contributed by atoms with Crippen LogP contribution in [0.2, 0.25) is 0 Å². The third-order valence-corrected chi connectivity index (χ3v) is 5.99. The number of benzene rings is 2. The van der Waals surface area contributed by atoms with Crippen molar-refractivity contribution in [2.24, 2.45) is 0 Å². The van der Waals surface area contributed by atoms with Gasteiger partial charge in [0.25, 0.3) is 0 Å². The molecule has 2 aliphatic carbocycles. The Kier molecular flexibility index (Phi) is 6.77. The van der Waals surface area contributed by atoms with Gasteiger partial charge in [0.1, 0.15) is 6.17 Å². The molecule has 0 radical (unpaired) electrons. The van der Waals surface area contributed by atoms with E-state index in [9.17, 15) is 18.0 Å². The van der Waals surface area contributed by atoms with Crippen LogP contribution in [0, 0.1) is 11.6 Å². The zero-order valence-corrected chi connectivity index (χ0v) is 18.6. The maximum absolute atomic E-state index is 15.2. The summed E-state index contributed by atoms with van der Waals surface area (Å²) in [6.07, 6.45) is -2.36. The lowest BCUT2D eigenvalue weighted by atomic mass is 9.82. The molecule has 8 heteroatoms. The van der Waals surface area contributed by atoms with Crippen LogP contribution in [-0.2, 0) is 4.79 Å². The number of hydrogen-bond donors (Lipinski definition) is 0. The Morgan fingerprint density at radius 2 is 1.50 bits per heavy atom. The largest absolute Gasteiger partial charge is 0.491 e. The first-order valence-electron chi connectivity index (χ1n) is 11.1. The number of alkyl halides is 3. The minimum Gasteiger partial charge on any atom is -0.491 e. The highest BCUT2D eigenvalue weighted by atomic mass is 19.2. The highest BCUT2D eigenvalue weighted by Gasteiger charge is 2.40. The maximum atomic E-state index is 15.2. The minimum absolute atomic E-state index is 0.000473. The van der Waals surface area contributed by atoms with Crippen molar-refractivity contribution in [3.63, 3.8) is 0 Å². The zero-order valence-electron chi connectivity index (χ0n) is 18.6. The molecular weight excluding hydrogens is 455 g/mol. The number of fused-ring (bicyclic) bond motifs is 3. The van der Waals surface area contributed by atoms with Gasteiger partial charge in [0, 0.05) is 23.1 Å². The number of carbonyl (C=O) groups is 1. The Hall–Kier alpha value is -3.16. The molecule has 0 saturated heterocycles. The van der Waals surface area contributed by atoms with E-state index >= 15 is 8.78 Å². The van der Waals surface area contributed by atoms with E-state index in [1.165, 1.54) is 30.4 Å². The molecule has 0 N–H and O–H groups in total. The van der Waals surface area contributed by atoms with Crippen molar-refractivity contribution in [1.82, 2.24) is 0 Å². The molecule has 0 bridgehead atoms. The summed E-state index contributed by atoms with van der Waals surface area (Å²) < 4.78 is 84.5. The van der Waals surface area contributed by atoms with Gasteiger partial charge in [0.05, 0.1) is 6.61 Å². The molecule has 3 unspecified atom stereocenters. The number of halogens is 5. The average molecular weight is 478 g/mol. The standard InChI is InChI=1S/C26H23F5O3/c1-3-5-13-6-7-14(12-17(13)27)26(32)34-19-11-9-16-15-8-10-18(33-4-2)22(28)20(15)24(30)25(31)21(16)23(19)29/h6-11,17,24-25H,3-5,12H2,1-2H3. The summed E-state index contributed by atoms with van der Waals surface area (Å²) in [7, 11) is 0. The third kappa shape index (κ3) is 4.10. The van der Waals surface area contributed by atoms with Crippen LogP contribution in [0.5, 0.6) is 11.5 Å². The maximum Gasteiger partial charge on any atom is 0.339 e. The van der Waals surface area contributed by atoms with Crippen LogP contribution in [0.15, 0.2) is 47.6 Å². The van der Waals surface area contributed by atoms with Crippen LogP contribution in [0.4, 0.5) is 22.0 Å². The summed E-state index contributed by atoms with van der Waals surface area (Å²) in [5, 5.41) is 0. The summed E-state index contributed by atoms with van der Waals surface area (Å²) in [5.41, 5.74) is -0.722. The van der Waals surface area contributed by atoms with Crippen molar-refractivity contribution < 1.29 is 36.2 Å². The van der Waals surface area contributed by atoms with E-state index in [0.29, 0.717) is 12.0 Å². The third-order valence-electron chi connectivity index (χ3n) is 5.99. The van der Waals surface area contributed by atoms with Crippen molar-refractivity contribution in [2.45, 2.75) is 51.6 Å². The van der Waals surface area contributed by atoms with Gasteiger partial charge < -0.3 is 9.47 Å². The van der Waals surface area contributed by atoms with Gasteiger partial charge in [-0.25, -0.2) is 26.7 Å². The molecule has 3 nitrogen and oxygen atoms in total. The predicted octanol–water partition coefficient (Wildman–Crippen LogP) is 7.37. The summed E-state index contributed by atoms with van der Waals surface area (Å²) >= 11 is 0. The number of carbonyl (C=O) groups excluding carboxylic acids is 1. The first-order chi connectivity index (χ1) is 16.3. The average Bonchev–Trinajstić information content (AvgIpc) is 2.81. The number of ether oxygens (including phenoxy) is 2. The van der Waals surface area contributed by atoms with Crippen LogP contribution in [-0.4, -0.2) is 18.7 Å². The Labute approximate surface area is 193 Å². The van der Waals surface area contributed by atoms with E-state index < -0.39 is 53.0 Å². The number of esters is 1. The molecule has 0 aromatic heterocycles. The van der Waals surface area contributed by atoms with Gasteiger partial charge in [0.2, 0.25) is 0 Å². The van der Waals surface area contributed by atoms with Crippen LogP contribution < -0.4 is 9.47 Å². The fourth-order valence-electron chi connectivity index (χ4n) is 4.34. The van der Waals surface area contributed by atoms with Crippen LogP contribution >= 0.6 is 0 Å². The molecule has 2 aromatic carbocycles. The fraction of sp³-hybridized carbons (Fsp3) is 0.346. The fourth-order valence-corrected chi connectivity index (χ4v) is 4.34. The Balaban J connectivity index is 1.68. The lowest BCUT2D eigenvalue weighted by Gasteiger charge is -2.28. The molecule has 4 rings (SSSR count). The van der Waals surface area contributed by atoms with E-state index in [1.54, 1.807) is 6.92 Å². The van der Waals surface area contributed by atoms with Crippen LogP contribution in [0.25, 0.3) is 11.1 Å². The monoisotopic (exact) mass is 478 g/mol. The van der Waals surface area contributed by atoms with Gasteiger partial charge in [-0.15, -0.1) is 0 Å². The van der Waals surface area contributed by atoms with Gasteiger partial charge in [-0.2, -0.15) is 0 Å². The van der Waals surface area contributed by atoms with Crippen LogP contribution in [0.3, 0.4) is 0 Å². The van der Waals surface area contributed by atoms with Gasteiger partial charge in [-0.3, -0.25) is 0 Å². The molecule has 0 fully saturated rings. The van der Waals surface area contributed by atoms with Crippen LogP contribution in [0.1, 0.15) is 56.6 Å². The summed E-state index contributed by atoms with van der Waals surface area (Å²) in [6, 6.07) is 4.93. The van der Waals surface area contributed by atoms with Crippen molar-refractivity contribution in [1.29, 1.82) is 0 Å².